The molecule has 0 unspecified atom stereocenters. The van der Waals surface area contributed by atoms with Crippen LogP contribution >= 0.6 is 23.6 Å². The summed E-state index contributed by atoms with van der Waals surface area (Å²) >= 11 is 6.63. The van der Waals surface area contributed by atoms with Gasteiger partial charge in [0.05, 0.1) is 0 Å². The molecule has 0 saturated carbocycles. The number of rotatable bonds is 6. The monoisotopic (exact) mass is 311 g/mol. The molecule has 0 aliphatic carbocycles. The molecule has 0 spiro atoms. The third kappa shape index (κ3) is 4.43. The molecule has 7 heteroatoms. The number of thiazole rings is 1. The van der Waals surface area contributed by atoms with Gasteiger partial charge in [0.2, 0.25) is 6.86 Å². The number of ether oxygens (including phenoxy) is 1. The average molecular weight is 311 g/mol. The number of hydrogen-bond donors (Lipinski definition) is 2. The maximum absolute atomic E-state index is 12.2. The minimum absolute atomic E-state index is 0.517. The van der Waals surface area contributed by atoms with Gasteiger partial charge in [0.1, 0.15) is 5.75 Å². The molecule has 0 aliphatic heterocycles. The van der Waals surface area contributed by atoms with Crippen LogP contribution in [0.4, 0.5) is 9.52 Å². The molecule has 0 fully saturated rings. The Kier molecular flexibility index (Phi) is 5.69. The number of anilines is 1. The van der Waals surface area contributed by atoms with Crippen molar-refractivity contribution in [1.82, 2.24) is 10.3 Å². The molecule has 0 amide bonds. The van der Waals surface area contributed by atoms with Crippen molar-refractivity contribution >= 4 is 33.8 Å². The van der Waals surface area contributed by atoms with E-state index in [1.54, 1.807) is 12.3 Å². The van der Waals surface area contributed by atoms with Gasteiger partial charge in [0, 0.05) is 18.1 Å². The summed E-state index contributed by atoms with van der Waals surface area (Å²) in [4.78, 5) is 4.08. The highest BCUT2D eigenvalue weighted by atomic mass is 32.1. The first-order valence-electron chi connectivity index (χ1n) is 6.00. The van der Waals surface area contributed by atoms with Crippen LogP contribution in [-0.2, 0) is 6.42 Å². The van der Waals surface area contributed by atoms with E-state index in [4.69, 9.17) is 17.0 Å². The van der Waals surface area contributed by atoms with E-state index in [0.29, 0.717) is 23.8 Å². The number of halogens is 1. The summed E-state index contributed by atoms with van der Waals surface area (Å²) < 4.78 is 17.2. The lowest BCUT2D eigenvalue weighted by atomic mass is 10.1. The third-order valence-electron chi connectivity index (χ3n) is 2.52. The van der Waals surface area contributed by atoms with E-state index in [-0.39, 0.29) is 0 Å². The van der Waals surface area contributed by atoms with Crippen molar-refractivity contribution in [2.24, 2.45) is 0 Å². The Morgan fingerprint density at radius 1 is 1.40 bits per heavy atom. The fraction of sp³-hybridized carbons (Fsp3) is 0.231. The molecule has 2 rings (SSSR count). The maximum atomic E-state index is 12.2. The number of aromatic nitrogens is 1. The molecule has 2 N–H and O–H groups in total. The highest BCUT2D eigenvalue weighted by Crippen LogP contribution is 2.18. The Morgan fingerprint density at radius 2 is 2.25 bits per heavy atom. The number of alkyl halides is 1. The molecule has 0 saturated heterocycles. The van der Waals surface area contributed by atoms with Gasteiger partial charge < -0.3 is 15.4 Å². The Labute approximate surface area is 126 Å². The van der Waals surface area contributed by atoms with Crippen molar-refractivity contribution in [1.29, 1.82) is 0 Å². The average Bonchev–Trinajstić information content (AvgIpc) is 2.94. The van der Waals surface area contributed by atoms with Crippen LogP contribution in [0, 0.1) is 0 Å². The molecular weight excluding hydrogens is 297 g/mol. The first-order valence-corrected chi connectivity index (χ1v) is 7.29. The first kappa shape index (κ1) is 14.7. The van der Waals surface area contributed by atoms with Gasteiger partial charge in [0.25, 0.3) is 0 Å². The van der Waals surface area contributed by atoms with E-state index in [0.717, 1.165) is 10.7 Å². The van der Waals surface area contributed by atoms with Gasteiger partial charge in [-0.05, 0) is 30.3 Å². The van der Waals surface area contributed by atoms with Crippen LogP contribution in [0.3, 0.4) is 0 Å². The Bertz CT molecular complexity index is 548. The summed E-state index contributed by atoms with van der Waals surface area (Å²) in [6, 6.07) is 7.37. The molecule has 1 heterocycles. The predicted molar refractivity (Wildman–Crippen MR) is 83.1 cm³/mol. The SMILES string of the molecule is FCOc1ccccc1CCNC(=S)Nc1nccs1. The van der Waals surface area contributed by atoms with E-state index in [1.807, 2.05) is 23.6 Å². The van der Waals surface area contributed by atoms with E-state index in [2.05, 4.69) is 15.6 Å². The second-order valence-corrected chi connectivity index (χ2v) is 5.13. The molecule has 0 radical (unpaired) electrons. The maximum Gasteiger partial charge on any atom is 0.228 e. The summed E-state index contributed by atoms with van der Waals surface area (Å²) in [5.74, 6) is 0.565. The molecule has 20 heavy (non-hydrogen) atoms. The second-order valence-electron chi connectivity index (χ2n) is 3.83. The van der Waals surface area contributed by atoms with Crippen molar-refractivity contribution in [2.45, 2.75) is 6.42 Å². The van der Waals surface area contributed by atoms with Crippen molar-refractivity contribution < 1.29 is 9.13 Å². The Hall–Kier alpha value is -1.73. The van der Waals surface area contributed by atoms with Crippen LogP contribution in [0.25, 0.3) is 0 Å². The molecule has 1 aromatic carbocycles. The van der Waals surface area contributed by atoms with Crippen molar-refractivity contribution in [3.8, 4) is 5.75 Å². The van der Waals surface area contributed by atoms with Gasteiger partial charge in [-0.15, -0.1) is 11.3 Å². The number of hydrogen-bond acceptors (Lipinski definition) is 4. The summed E-state index contributed by atoms with van der Waals surface area (Å²) in [6.45, 7) is -0.196. The van der Waals surface area contributed by atoms with Gasteiger partial charge in [-0.1, -0.05) is 18.2 Å². The van der Waals surface area contributed by atoms with Crippen LogP contribution in [-0.4, -0.2) is 23.5 Å². The summed E-state index contributed by atoms with van der Waals surface area (Å²) in [5.41, 5.74) is 0.940. The van der Waals surface area contributed by atoms with Crippen molar-refractivity contribution in [3.05, 3.63) is 41.4 Å². The fourth-order valence-electron chi connectivity index (χ4n) is 1.65. The van der Waals surface area contributed by atoms with E-state index >= 15 is 0 Å². The fourth-order valence-corrected chi connectivity index (χ4v) is 2.44. The lowest BCUT2D eigenvalue weighted by molar-refractivity contribution is 0.190. The number of benzene rings is 1. The number of thiocarbonyl (C=S) groups is 1. The van der Waals surface area contributed by atoms with Crippen molar-refractivity contribution in [2.75, 3.05) is 18.7 Å². The Balaban J connectivity index is 1.79. The number of nitrogens with zero attached hydrogens (tertiary/aromatic N) is 1. The highest BCUT2D eigenvalue weighted by molar-refractivity contribution is 7.80. The van der Waals surface area contributed by atoms with Crippen molar-refractivity contribution in [3.63, 3.8) is 0 Å². The molecule has 0 aliphatic rings. The number of para-hydroxylation sites is 1. The van der Waals surface area contributed by atoms with Crippen LogP contribution in [0.2, 0.25) is 0 Å². The summed E-state index contributed by atoms with van der Waals surface area (Å²) in [7, 11) is 0. The van der Waals surface area contributed by atoms with Crippen LogP contribution < -0.4 is 15.4 Å². The topological polar surface area (TPSA) is 46.2 Å². The molecule has 106 valence electrons. The molecule has 2 aromatic rings. The summed E-state index contributed by atoms with van der Waals surface area (Å²) in [6.07, 6.45) is 2.40. The predicted octanol–water partition coefficient (Wildman–Crippen LogP) is 2.98. The molecule has 0 atom stereocenters. The minimum Gasteiger partial charge on any atom is -0.463 e. The smallest absolute Gasteiger partial charge is 0.228 e. The molecule has 1 aromatic heterocycles. The van der Waals surface area contributed by atoms with Gasteiger partial charge >= 0.3 is 0 Å². The quantitative estimate of drug-likeness (QED) is 0.803. The van der Waals surface area contributed by atoms with E-state index < -0.39 is 6.86 Å². The van der Waals surface area contributed by atoms with Gasteiger partial charge in [-0.2, -0.15) is 0 Å². The zero-order chi connectivity index (χ0) is 14.2. The lowest BCUT2D eigenvalue weighted by Gasteiger charge is -2.11. The molecular formula is C13H14FN3OS2. The second kappa shape index (κ2) is 7.76. The van der Waals surface area contributed by atoms with E-state index in [9.17, 15) is 4.39 Å². The highest BCUT2D eigenvalue weighted by Gasteiger charge is 2.04. The van der Waals surface area contributed by atoms with Gasteiger partial charge in [-0.3, -0.25) is 0 Å². The molecule has 4 nitrogen and oxygen atoms in total. The third-order valence-corrected chi connectivity index (χ3v) is 3.45. The zero-order valence-electron chi connectivity index (χ0n) is 10.6. The number of nitrogens with one attached hydrogen (secondary N) is 2. The van der Waals surface area contributed by atoms with Crippen LogP contribution in [0.5, 0.6) is 5.75 Å². The minimum atomic E-state index is -0.825. The van der Waals surface area contributed by atoms with Crippen LogP contribution in [0.1, 0.15) is 5.56 Å². The van der Waals surface area contributed by atoms with Crippen LogP contribution in [0.15, 0.2) is 35.8 Å². The van der Waals surface area contributed by atoms with Gasteiger partial charge in [-0.25, -0.2) is 9.37 Å². The standard InChI is InChI=1S/C13H14FN3OS2/c14-9-18-11-4-2-1-3-10(11)5-6-15-12(19)17-13-16-7-8-20-13/h1-4,7-8H,5-6,9H2,(H2,15,16,17,19). The van der Waals surface area contributed by atoms with E-state index in [1.165, 1.54) is 11.3 Å². The Morgan fingerprint density at radius 3 is 3.00 bits per heavy atom. The normalized spacial score (nSPS) is 10.1. The molecule has 0 bridgehead atoms. The summed E-state index contributed by atoms with van der Waals surface area (Å²) in [5, 5.41) is 9.20. The first-order chi connectivity index (χ1) is 9.79. The largest absolute Gasteiger partial charge is 0.463 e. The van der Waals surface area contributed by atoms with Gasteiger partial charge in [0.15, 0.2) is 10.2 Å². The zero-order valence-corrected chi connectivity index (χ0v) is 12.3. The lowest BCUT2D eigenvalue weighted by Crippen LogP contribution is -2.30.